The van der Waals surface area contributed by atoms with Gasteiger partial charge in [0, 0.05) is 6.54 Å². The maximum atomic E-state index is 14.3. The molecule has 0 bridgehead atoms. The first-order chi connectivity index (χ1) is 14.1. The number of amides is 2. The third kappa shape index (κ3) is 3.59. The van der Waals surface area contributed by atoms with Crippen LogP contribution in [0.4, 0.5) is 10.1 Å². The third-order valence-corrected chi connectivity index (χ3v) is 6.34. The molecule has 1 aliphatic carbocycles. The molecule has 0 aromatic heterocycles. The second-order valence-electron chi connectivity index (χ2n) is 8.72. The number of nitrogens with one attached hydrogen (secondary N) is 1. The Morgan fingerprint density at radius 2 is 2.00 bits per heavy atom. The number of rotatable bonds is 5. The van der Waals surface area contributed by atoms with Crippen LogP contribution in [0.5, 0.6) is 0 Å². The molecular weight excluding hydrogens is 407 g/mol. The van der Waals surface area contributed by atoms with Gasteiger partial charge in [-0.2, -0.15) is 0 Å². The maximum Gasteiger partial charge on any atom is 0.260 e. The van der Waals surface area contributed by atoms with E-state index in [1.165, 1.54) is 12.1 Å². The lowest BCUT2D eigenvalue weighted by molar-refractivity contribution is -0.0224. The second-order valence-corrected chi connectivity index (χ2v) is 9.09. The van der Waals surface area contributed by atoms with Gasteiger partial charge < -0.3 is 15.3 Å². The second kappa shape index (κ2) is 7.36. The van der Waals surface area contributed by atoms with Crippen molar-refractivity contribution in [2.24, 2.45) is 5.92 Å². The average molecular weight is 431 g/mol. The highest BCUT2D eigenvalue weighted by Gasteiger charge is 2.48. The molecule has 1 heterocycles. The van der Waals surface area contributed by atoms with Crippen LogP contribution in [-0.4, -0.2) is 33.5 Å². The molecule has 0 spiro atoms. The fourth-order valence-corrected chi connectivity index (χ4v) is 4.63. The molecule has 0 saturated heterocycles. The van der Waals surface area contributed by atoms with E-state index in [4.69, 9.17) is 11.6 Å². The smallest absolute Gasteiger partial charge is 0.260 e. The van der Waals surface area contributed by atoms with Gasteiger partial charge in [-0.3, -0.25) is 9.59 Å². The molecule has 1 fully saturated rings. The van der Waals surface area contributed by atoms with Crippen molar-refractivity contribution < 1.29 is 19.1 Å². The summed E-state index contributed by atoms with van der Waals surface area (Å²) >= 11 is 6.16. The number of anilines is 1. The Balaban J connectivity index is 1.66. The van der Waals surface area contributed by atoms with Gasteiger partial charge in [-0.25, -0.2) is 4.39 Å². The van der Waals surface area contributed by atoms with Gasteiger partial charge in [-0.1, -0.05) is 29.8 Å². The first-order valence-corrected chi connectivity index (χ1v) is 10.4. The van der Waals surface area contributed by atoms with Gasteiger partial charge in [0.15, 0.2) is 0 Å². The molecule has 2 aromatic rings. The van der Waals surface area contributed by atoms with E-state index in [1.807, 2.05) is 6.07 Å². The lowest BCUT2D eigenvalue weighted by atomic mass is 9.93. The van der Waals surface area contributed by atoms with Crippen LogP contribution in [0.1, 0.15) is 58.5 Å². The van der Waals surface area contributed by atoms with Gasteiger partial charge in [-0.15, -0.1) is 0 Å². The molecule has 2 aromatic carbocycles. The van der Waals surface area contributed by atoms with Crippen LogP contribution in [0.15, 0.2) is 30.3 Å². The summed E-state index contributed by atoms with van der Waals surface area (Å²) in [5.74, 6) is -1.40. The lowest BCUT2D eigenvalue weighted by Crippen LogP contribution is -2.51. The Labute approximate surface area is 179 Å². The number of carbonyl (C=O) groups is 2. The van der Waals surface area contributed by atoms with Crippen molar-refractivity contribution in [2.75, 3.05) is 5.32 Å². The lowest BCUT2D eigenvalue weighted by Gasteiger charge is -2.37. The summed E-state index contributed by atoms with van der Waals surface area (Å²) in [4.78, 5) is 27.8. The first kappa shape index (κ1) is 20.8. The fourth-order valence-electron chi connectivity index (χ4n) is 4.39. The zero-order valence-electron chi connectivity index (χ0n) is 17.1. The van der Waals surface area contributed by atoms with Crippen molar-refractivity contribution in [3.8, 4) is 0 Å². The molecule has 2 aliphatic rings. The van der Waals surface area contributed by atoms with Crippen molar-refractivity contribution in [3.63, 3.8) is 0 Å². The highest BCUT2D eigenvalue weighted by Crippen LogP contribution is 2.43. The minimum absolute atomic E-state index is 0.0452. The number of hydrogen-bond donors (Lipinski definition) is 2. The van der Waals surface area contributed by atoms with Crippen molar-refractivity contribution in [1.82, 2.24) is 4.90 Å². The number of aryl methyl sites for hydroxylation is 1. The summed E-state index contributed by atoms with van der Waals surface area (Å²) in [6.07, 6.45) is 1.95. The van der Waals surface area contributed by atoms with Crippen LogP contribution in [0.25, 0.3) is 0 Å². The first-order valence-electron chi connectivity index (χ1n) is 10.0. The van der Waals surface area contributed by atoms with E-state index in [2.05, 4.69) is 5.32 Å². The van der Waals surface area contributed by atoms with E-state index >= 15 is 0 Å². The summed E-state index contributed by atoms with van der Waals surface area (Å²) in [5, 5.41) is 13.4. The van der Waals surface area contributed by atoms with Gasteiger partial charge in [0.05, 0.1) is 33.5 Å². The zero-order chi connectivity index (χ0) is 21.8. The Kier molecular flexibility index (Phi) is 5.11. The molecule has 158 valence electrons. The number of nitrogens with zero attached hydrogens (tertiary/aromatic N) is 1. The van der Waals surface area contributed by atoms with Crippen LogP contribution in [0.2, 0.25) is 5.02 Å². The SMILES string of the molecule is Cc1ccc(F)c(C(=O)Nc2cccc3c2C(=O)N(C(C2CC2)C(C)(C)O)C3)c1Cl. The largest absolute Gasteiger partial charge is 0.388 e. The van der Waals surface area contributed by atoms with Crippen molar-refractivity contribution in [1.29, 1.82) is 0 Å². The summed E-state index contributed by atoms with van der Waals surface area (Å²) in [5.41, 5.74) is 0.756. The molecule has 2 N–H and O–H groups in total. The molecule has 1 saturated carbocycles. The van der Waals surface area contributed by atoms with E-state index in [-0.39, 0.29) is 28.5 Å². The minimum Gasteiger partial charge on any atom is -0.388 e. The standard InChI is InChI=1S/C23H24ClFN2O3/c1-12-7-10-15(25)18(19(12)24)21(28)26-16-6-4-5-14-11-27(22(29)17(14)16)20(13-8-9-13)23(2,3)30/h4-7,10,13,20,30H,8-9,11H2,1-3H3,(H,26,28). The Hall–Kier alpha value is -2.44. The Morgan fingerprint density at radius 3 is 2.63 bits per heavy atom. The summed E-state index contributed by atoms with van der Waals surface area (Å²) in [6.45, 7) is 5.49. The van der Waals surface area contributed by atoms with Crippen molar-refractivity contribution in [2.45, 2.75) is 51.8 Å². The van der Waals surface area contributed by atoms with Crippen molar-refractivity contribution >= 4 is 29.1 Å². The van der Waals surface area contributed by atoms with Gasteiger partial charge >= 0.3 is 0 Å². The normalized spacial score (nSPS) is 17.1. The molecule has 7 heteroatoms. The summed E-state index contributed by atoms with van der Waals surface area (Å²) in [6, 6.07) is 7.60. The zero-order valence-corrected chi connectivity index (χ0v) is 17.9. The van der Waals surface area contributed by atoms with E-state index in [9.17, 15) is 19.1 Å². The third-order valence-electron chi connectivity index (χ3n) is 5.85. The number of hydrogen-bond acceptors (Lipinski definition) is 3. The molecule has 4 rings (SSSR count). The quantitative estimate of drug-likeness (QED) is 0.731. The van der Waals surface area contributed by atoms with E-state index < -0.39 is 17.3 Å². The van der Waals surface area contributed by atoms with Crippen LogP contribution in [0.3, 0.4) is 0 Å². The molecule has 1 atom stereocenters. The minimum atomic E-state index is -1.04. The van der Waals surface area contributed by atoms with E-state index in [0.29, 0.717) is 23.4 Å². The van der Waals surface area contributed by atoms with Gasteiger partial charge in [0.2, 0.25) is 0 Å². The number of benzene rings is 2. The summed E-state index contributed by atoms with van der Waals surface area (Å²) < 4.78 is 14.3. The van der Waals surface area contributed by atoms with E-state index in [0.717, 1.165) is 18.4 Å². The number of fused-ring (bicyclic) bond motifs is 1. The topological polar surface area (TPSA) is 69.6 Å². The van der Waals surface area contributed by atoms with Crippen molar-refractivity contribution in [3.05, 3.63) is 63.4 Å². The molecule has 30 heavy (non-hydrogen) atoms. The molecule has 1 unspecified atom stereocenters. The predicted molar refractivity (Wildman–Crippen MR) is 113 cm³/mol. The highest BCUT2D eigenvalue weighted by molar-refractivity contribution is 6.35. The maximum absolute atomic E-state index is 14.3. The number of aliphatic hydroxyl groups is 1. The highest BCUT2D eigenvalue weighted by atomic mass is 35.5. The van der Waals surface area contributed by atoms with E-state index in [1.54, 1.807) is 37.8 Å². The molecule has 0 radical (unpaired) electrons. The molecule has 1 aliphatic heterocycles. The summed E-state index contributed by atoms with van der Waals surface area (Å²) in [7, 11) is 0. The van der Waals surface area contributed by atoms with Crippen LogP contribution in [-0.2, 0) is 6.54 Å². The monoisotopic (exact) mass is 430 g/mol. The van der Waals surface area contributed by atoms with Gasteiger partial charge in [0.25, 0.3) is 11.8 Å². The van der Waals surface area contributed by atoms with Gasteiger partial charge in [0.1, 0.15) is 5.82 Å². The Morgan fingerprint density at radius 1 is 1.30 bits per heavy atom. The number of carbonyl (C=O) groups excluding carboxylic acids is 2. The molecular formula is C23H24ClFN2O3. The van der Waals surface area contributed by atoms with Gasteiger partial charge in [-0.05, 0) is 62.8 Å². The predicted octanol–water partition coefficient (Wildman–Crippen LogP) is 4.55. The van der Waals surface area contributed by atoms with Crippen LogP contribution < -0.4 is 5.32 Å². The fraction of sp³-hybridized carbons (Fsp3) is 0.391. The van der Waals surface area contributed by atoms with Crippen LogP contribution >= 0.6 is 11.6 Å². The molecule has 2 amide bonds. The Bertz CT molecular complexity index is 1040. The number of halogens is 2. The average Bonchev–Trinajstić information content (AvgIpc) is 3.42. The molecule has 5 nitrogen and oxygen atoms in total. The van der Waals surface area contributed by atoms with Crippen LogP contribution in [0, 0.1) is 18.7 Å².